The van der Waals surface area contributed by atoms with Crippen molar-refractivity contribution in [3.8, 4) is 11.1 Å². The van der Waals surface area contributed by atoms with E-state index in [-0.39, 0.29) is 17.6 Å². The second kappa shape index (κ2) is 9.70. The number of rotatable bonds is 5. The minimum atomic E-state index is -4.37. The molecule has 3 aromatic carbocycles. The molecule has 1 fully saturated rings. The normalized spacial score (nSPS) is 17.1. The van der Waals surface area contributed by atoms with E-state index in [0.29, 0.717) is 41.1 Å². The van der Waals surface area contributed by atoms with E-state index in [1.165, 1.54) is 30.5 Å². The molecule has 0 aromatic heterocycles. The van der Waals surface area contributed by atoms with Gasteiger partial charge in [0.2, 0.25) is 0 Å². The summed E-state index contributed by atoms with van der Waals surface area (Å²) in [5.74, 6) is -0.464. The first-order valence-corrected chi connectivity index (χ1v) is 12.4. The second-order valence-electron chi connectivity index (χ2n) is 8.47. The highest BCUT2D eigenvalue weighted by molar-refractivity contribution is 7.84. The molecule has 0 N–H and O–H groups in total. The number of carbonyl (C=O) groups is 1. The number of likely N-dealkylation sites (tertiary alicyclic amines) is 1. The van der Waals surface area contributed by atoms with Gasteiger partial charge in [-0.05, 0) is 71.8 Å². The average Bonchev–Trinajstić information content (AvgIpc) is 3.27. The SMILES string of the molecule is CS(=O)c1ccc(-c2ccc(F)cc2)c(C(=O)N2CCC(Cc3ccc(C(F)(F)F)cc3)C2)c1. The van der Waals surface area contributed by atoms with E-state index < -0.39 is 22.5 Å². The van der Waals surface area contributed by atoms with E-state index in [1.807, 2.05) is 0 Å². The molecule has 1 aliphatic heterocycles. The molecule has 34 heavy (non-hydrogen) atoms. The molecule has 1 amide bonds. The molecule has 0 saturated carbocycles. The number of hydrogen-bond acceptors (Lipinski definition) is 2. The molecule has 178 valence electrons. The smallest absolute Gasteiger partial charge is 0.338 e. The zero-order valence-corrected chi connectivity index (χ0v) is 19.3. The first-order valence-electron chi connectivity index (χ1n) is 10.8. The highest BCUT2D eigenvalue weighted by Crippen LogP contribution is 2.31. The molecule has 0 bridgehead atoms. The van der Waals surface area contributed by atoms with Crippen LogP contribution >= 0.6 is 0 Å². The lowest BCUT2D eigenvalue weighted by atomic mass is 9.97. The van der Waals surface area contributed by atoms with Crippen molar-refractivity contribution < 1.29 is 26.6 Å². The highest BCUT2D eigenvalue weighted by Gasteiger charge is 2.31. The van der Waals surface area contributed by atoms with Gasteiger partial charge in [-0.15, -0.1) is 0 Å². The van der Waals surface area contributed by atoms with E-state index in [4.69, 9.17) is 0 Å². The van der Waals surface area contributed by atoms with Crippen LogP contribution in [0.3, 0.4) is 0 Å². The van der Waals surface area contributed by atoms with Crippen LogP contribution in [-0.2, 0) is 23.4 Å². The standard InChI is InChI=1S/C26H23F4NO2S/c1-34(33)22-10-11-23(19-4-8-21(27)9-5-19)24(15-22)25(32)31-13-12-18(16-31)14-17-2-6-20(7-3-17)26(28,29)30/h2-11,15,18H,12-14,16H2,1H3. The lowest BCUT2D eigenvalue weighted by Gasteiger charge is -2.20. The molecule has 0 aliphatic carbocycles. The van der Waals surface area contributed by atoms with Gasteiger partial charge in [-0.1, -0.05) is 30.3 Å². The summed E-state index contributed by atoms with van der Waals surface area (Å²) < 4.78 is 63.8. The molecular formula is C26H23F4NO2S. The maximum absolute atomic E-state index is 13.5. The Kier molecular flexibility index (Phi) is 6.89. The molecular weight excluding hydrogens is 466 g/mol. The fourth-order valence-corrected chi connectivity index (χ4v) is 4.82. The lowest BCUT2D eigenvalue weighted by Crippen LogP contribution is -2.29. The van der Waals surface area contributed by atoms with Gasteiger partial charge in [0.05, 0.1) is 5.56 Å². The summed E-state index contributed by atoms with van der Waals surface area (Å²) >= 11 is 0. The molecule has 0 radical (unpaired) electrons. The van der Waals surface area contributed by atoms with Gasteiger partial charge in [0.25, 0.3) is 5.91 Å². The lowest BCUT2D eigenvalue weighted by molar-refractivity contribution is -0.137. The molecule has 2 unspecified atom stereocenters. The summed E-state index contributed by atoms with van der Waals surface area (Å²) in [6.45, 7) is 0.995. The van der Waals surface area contributed by atoms with Gasteiger partial charge in [0.15, 0.2) is 0 Å². The van der Waals surface area contributed by atoms with Crippen LogP contribution in [0.15, 0.2) is 71.6 Å². The minimum absolute atomic E-state index is 0.124. The molecule has 8 heteroatoms. The Morgan fingerprint density at radius 1 is 1.03 bits per heavy atom. The third kappa shape index (κ3) is 5.38. The fourth-order valence-electron chi connectivity index (χ4n) is 4.28. The third-order valence-corrected chi connectivity index (χ3v) is 7.01. The molecule has 3 aromatic rings. The van der Waals surface area contributed by atoms with E-state index in [2.05, 4.69) is 0 Å². The Hall–Kier alpha value is -3.00. The molecule has 1 saturated heterocycles. The Labute approximate surface area is 197 Å². The molecule has 0 spiro atoms. The summed E-state index contributed by atoms with van der Waals surface area (Å²) in [5, 5.41) is 0. The number of carbonyl (C=O) groups excluding carboxylic acids is 1. The zero-order valence-electron chi connectivity index (χ0n) is 18.4. The average molecular weight is 490 g/mol. The first-order chi connectivity index (χ1) is 16.1. The van der Waals surface area contributed by atoms with Crippen LogP contribution in [0.1, 0.15) is 27.9 Å². The molecule has 1 heterocycles. The Balaban J connectivity index is 1.53. The van der Waals surface area contributed by atoms with Crippen LogP contribution in [0, 0.1) is 11.7 Å². The van der Waals surface area contributed by atoms with Gasteiger partial charge in [0.1, 0.15) is 5.82 Å². The second-order valence-corrected chi connectivity index (χ2v) is 9.85. The quantitative estimate of drug-likeness (QED) is 0.415. The van der Waals surface area contributed by atoms with Crippen LogP contribution in [0.4, 0.5) is 17.6 Å². The zero-order chi connectivity index (χ0) is 24.5. The van der Waals surface area contributed by atoms with Crippen molar-refractivity contribution in [1.82, 2.24) is 4.90 Å². The van der Waals surface area contributed by atoms with Gasteiger partial charge >= 0.3 is 6.18 Å². The molecule has 4 rings (SSSR count). The molecule has 1 aliphatic rings. The summed E-state index contributed by atoms with van der Waals surface area (Å²) in [7, 11) is -1.28. The van der Waals surface area contributed by atoms with Crippen LogP contribution in [0.25, 0.3) is 11.1 Å². The van der Waals surface area contributed by atoms with Crippen molar-refractivity contribution >= 4 is 16.7 Å². The van der Waals surface area contributed by atoms with Crippen molar-refractivity contribution in [3.05, 3.63) is 89.2 Å². The minimum Gasteiger partial charge on any atom is -0.338 e. The van der Waals surface area contributed by atoms with Gasteiger partial charge in [0, 0.05) is 40.6 Å². The number of benzene rings is 3. The van der Waals surface area contributed by atoms with Crippen molar-refractivity contribution in [2.45, 2.75) is 23.9 Å². The topological polar surface area (TPSA) is 37.4 Å². The Bertz CT molecular complexity index is 1210. The third-order valence-electron chi connectivity index (χ3n) is 6.09. The van der Waals surface area contributed by atoms with Crippen LogP contribution in [0.5, 0.6) is 0 Å². The van der Waals surface area contributed by atoms with Crippen molar-refractivity contribution in [2.24, 2.45) is 5.92 Å². The van der Waals surface area contributed by atoms with Crippen LogP contribution in [-0.4, -0.2) is 34.4 Å². The predicted octanol–water partition coefficient (Wildman–Crippen LogP) is 5.95. The first kappa shape index (κ1) is 24.1. The van der Waals surface area contributed by atoms with Gasteiger partial charge in [-0.3, -0.25) is 9.00 Å². The Morgan fingerprint density at radius 2 is 1.71 bits per heavy atom. The maximum Gasteiger partial charge on any atom is 0.416 e. The van der Waals surface area contributed by atoms with E-state index in [1.54, 1.807) is 35.2 Å². The number of halogens is 4. The van der Waals surface area contributed by atoms with E-state index >= 15 is 0 Å². The van der Waals surface area contributed by atoms with Gasteiger partial charge in [-0.25, -0.2) is 4.39 Å². The summed E-state index contributed by atoms with van der Waals surface area (Å²) in [6.07, 6.45) is -1.52. The van der Waals surface area contributed by atoms with Crippen molar-refractivity contribution in [1.29, 1.82) is 0 Å². The van der Waals surface area contributed by atoms with Crippen LogP contribution < -0.4 is 0 Å². The van der Waals surface area contributed by atoms with E-state index in [0.717, 1.165) is 24.1 Å². The predicted molar refractivity (Wildman–Crippen MR) is 123 cm³/mol. The number of hydrogen-bond donors (Lipinski definition) is 0. The van der Waals surface area contributed by atoms with Crippen molar-refractivity contribution in [3.63, 3.8) is 0 Å². The fraction of sp³-hybridized carbons (Fsp3) is 0.269. The number of nitrogens with zero attached hydrogens (tertiary/aromatic N) is 1. The number of amides is 1. The van der Waals surface area contributed by atoms with Crippen LogP contribution in [0.2, 0.25) is 0 Å². The summed E-state index contributed by atoms with van der Waals surface area (Å²) in [6, 6.07) is 16.0. The summed E-state index contributed by atoms with van der Waals surface area (Å²) in [4.78, 5) is 15.7. The summed E-state index contributed by atoms with van der Waals surface area (Å²) in [5.41, 5.74) is 1.82. The van der Waals surface area contributed by atoms with Gasteiger partial charge in [-0.2, -0.15) is 13.2 Å². The van der Waals surface area contributed by atoms with E-state index in [9.17, 15) is 26.6 Å². The molecule has 2 atom stereocenters. The largest absolute Gasteiger partial charge is 0.416 e. The highest BCUT2D eigenvalue weighted by atomic mass is 32.2. The van der Waals surface area contributed by atoms with Gasteiger partial charge < -0.3 is 4.90 Å². The molecule has 3 nitrogen and oxygen atoms in total. The number of alkyl halides is 3. The monoisotopic (exact) mass is 489 g/mol. The maximum atomic E-state index is 13.5. The Morgan fingerprint density at radius 3 is 2.32 bits per heavy atom. The van der Waals surface area contributed by atoms with Crippen molar-refractivity contribution in [2.75, 3.05) is 19.3 Å².